The number of carbonyl (C=O) groups excluding carboxylic acids is 2. The Bertz CT molecular complexity index is 1090. The summed E-state index contributed by atoms with van der Waals surface area (Å²) < 4.78 is 26.4. The van der Waals surface area contributed by atoms with Gasteiger partial charge >= 0.3 is 19.8 Å². The molecule has 10 heteroatoms. The maximum atomic E-state index is 12.4. The van der Waals surface area contributed by atoms with Gasteiger partial charge in [0.25, 0.3) is 0 Å². The van der Waals surface area contributed by atoms with Gasteiger partial charge in [-0.2, -0.15) is 0 Å². The number of unbranched alkanes of at least 4 members (excludes halogenated alkanes) is 19. The van der Waals surface area contributed by atoms with Gasteiger partial charge in [0.1, 0.15) is 6.61 Å². The van der Waals surface area contributed by atoms with Crippen molar-refractivity contribution >= 4 is 19.8 Å². The van der Waals surface area contributed by atoms with Crippen molar-refractivity contribution in [3.63, 3.8) is 0 Å². The van der Waals surface area contributed by atoms with Crippen molar-refractivity contribution in [1.29, 1.82) is 0 Å². The molecule has 9 nitrogen and oxygen atoms in total. The Kier molecular flexibility index (Phi) is 39.3. The van der Waals surface area contributed by atoms with E-state index in [9.17, 15) is 19.3 Å². The Balaban J connectivity index is 3.93. The molecular formula is C47H85O9P. The van der Waals surface area contributed by atoms with Crippen molar-refractivity contribution in [3.8, 4) is 0 Å². The first-order chi connectivity index (χ1) is 27.5. The van der Waals surface area contributed by atoms with E-state index in [2.05, 4.69) is 54.8 Å². The minimum atomic E-state index is -4.78. The number of phosphoric acid groups is 1. The van der Waals surface area contributed by atoms with Gasteiger partial charge in [0, 0.05) is 12.8 Å². The third-order valence-electron chi connectivity index (χ3n) is 9.80. The van der Waals surface area contributed by atoms with Gasteiger partial charge in [-0.05, 0) is 70.6 Å². The predicted molar refractivity (Wildman–Crippen MR) is 236 cm³/mol. The second-order valence-electron chi connectivity index (χ2n) is 16.1. The molecule has 332 valence electrons. The van der Waals surface area contributed by atoms with Crippen LogP contribution in [0, 0.1) is 5.92 Å². The minimum absolute atomic E-state index is 0.124. The lowest BCUT2D eigenvalue weighted by molar-refractivity contribution is -0.161. The van der Waals surface area contributed by atoms with E-state index < -0.39 is 32.5 Å². The topological polar surface area (TPSA) is 140 Å². The summed E-state index contributed by atoms with van der Waals surface area (Å²) in [5.74, 6) is -0.116. The van der Waals surface area contributed by atoms with Gasteiger partial charge in [0.05, 0.1) is 12.7 Å². The quantitative estimate of drug-likeness (QED) is 0.0238. The van der Waals surface area contributed by atoms with E-state index in [0.717, 1.165) is 57.3 Å². The largest absolute Gasteiger partial charge is 0.469 e. The molecule has 57 heavy (non-hydrogen) atoms. The molecule has 0 radical (unpaired) electrons. The molecular weight excluding hydrogens is 739 g/mol. The highest BCUT2D eigenvalue weighted by Crippen LogP contribution is 2.36. The lowest BCUT2D eigenvalue weighted by atomic mass is 10.0. The van der Waals surface area contributed by atoms with Crippen LogP contribution in [0.1, 0.15) is 207 Å². The molecule has 0 aliphatic rings. The molecule has 0 aromatic heterocycles. The third-order valence-corrected chi connectivity index (χ3v) is 10.3. The second-order valence-corrected chi connectivity index (χ2v) is 17.4. The van der Waals surface area contributed by atoms with Gasteiger partial charge < -0.3 is 24.4 Å². The first kappa shape index (κ1) is 55.0. The van der Waals surface area contributed by atoms with Gasteiger partial charge in [-0.25, -0.2) is 4.57 Å². The highest BCUT2D eigenvalue weighted by molar-refractivity contribution is 7.46. The fourth-order valence-electron chi connectivity index (χ4n) is 6.39. The number of rotatable bonds is 41. The van der Waals surface area contributed by atoms with Crippen molar-refractivity contribution in [1.82, 2.24) is 0 Å². The maximum absolute atomic E-state index is 12.4. The van der Waals surface area contributed by atoms with Crippen LogP contribution in [0.25, 0.3) is 0 Å². The maximum Gasteiger partial charge on any atom is 0.469 e. The Hall–Kier alpha value is -2.03. The third kappa shape index (κ3) is 46.5. The van der Waals surface area contributed by atoms with Crippen LogP contribution in [0.5, 0.6) is 0 Å². The Morgan fingerprint density at radius 3 is 1.35 bits per heavy atom. The average Bonchev–Trinajstić information content (AvgIpc) is 3.15. The lowest BCUT2D eigenvalue weighted by Crippen LogP contribution is -2.29. The number of hydrogen-bond acceptors (Lipinski definition) is 7. The van der Waals surface area contributed by atoms with Gasteiger partial charge in [-0.15, -0.1) is 0 Å². The Morgan fingerprint density at radius 1 is 0.509 bits per heavy atom. The summed E-state index contributed by atoms with van der Waals surface area (Å²) >= 11 is 0. The van der Waals surface area contributed by atoms with Crippen LogP contribution in [-0.2, 0) is 28.2 Å². The van der Waals surface area contributed by atoms with Gasteiger partial charge in [-0.3, -0.25) is 14.1 Å². The number of allylic oxidation sites excluding steroid dienone is 8. The molecule has 0 aromatic rings. The first-order valence-electron chi connectivity index (χ1n) is 22.8. The van der Waals surface area contributed by atoms with Crippen molar-refractivity contribution in [2.24, 2.45) is 5.92 Å². The predicted octanol–water partition coefficient (Wildman–Crippen LogP) is 13.1. The summed E-state index contributed by atoms with van der Waals surface area (Å²) in [5.41, 5.74) is 0. The van der Waals surface area contributed by atoms with E-state index >= 15 is 0 Å². The molecule has 0 spiro atoms. The fourth-order valence-corrected chi connectivity index (χ4v) is 6.75. The molecule has 0 heterocycles. The number of ether oxygens (including phenoxy) is 2. The van der Waals surface area contributed by atoms with Crippen LogP contribution in [-0.4, -0.2) is 52.3 Å². The fraction of sp³-hybridized carbons (Fsp3) is 0.787. The molecule has 0 rings (SSSR count). The molecule has 0 aliphatic carbocycles. The summed E-state index contributed by atoms with van der Waals surface area (Å²) in [7, 11) is -4.78. The summed E-state index contributed by atoms with van der Waals surface area (Å²) in [4.78, 5) is 42.9. The van der Waals surface area contributed by atoms with Gasteiger partial charge in [-0.1, -0.05) is 178 Å². The van der Waals surface area contributed by atoms with Crippen LogP contribution in [0.4, 0.5) is 0 Å². The van der Waals surface area contributed by atoms with Crippen LogP contribution in [0.2, 0.25) is 0 Å². The highest BCUT2D eigenvalue weighted by atomic mass is 31.2. The van der Waals surface area contributed by atoms with Gasteiger partial charge in [0.2, 0.25) is 0 Å². The van der Waals surface area contributed by atoms with Gasteiger partial charge in [0.15, 0.2) is 6.10 Å². The normalized spacial score (nSPS) is 13.5. The number of aliphatic hydroxyl groups excluding tert-OH is 1. The molecule has 0 amide bonds. The number of carbonyl (C=O) groups is 2. The van der Waals surface area contributed by atoms with Crippen molar-refractivity contribution in [2.75, 3.05) is 13.2 Å². The molecule has 0 saturated carbocycles. The average molecular weight is 825 g/mol. The van der Waals surface area contributed by atoms with Crippen molar-refractivity contribution in [3.05, 3.63) is 48.6 Å². The summed E-state index contributed by atoms with van der Waals surface area (Å²) in [6.45, 7) is 5.57. The zero-order chi connectivity index (χ0) is 42.1. The van der Waals surface area contributed by atoms with Crippen LogP contribution < -0.4 is 0 Å². The summed E-state index contributed by atoms with van der Waals surface area (Å²) in [6, 6.07) is 0. The minimum Gasteiger partial charge on any atom is -0.462 e. The molecule has 2 atom stereocenters. The first-order valence-corrected chi connectivity index (χ1v) is 24.4. The summed E-state index contributed by atoms with van der Waals surface area (Å²) in [5, 5.41) is 9.26. The zero-order valence-electron chi connectivity index (χ0n) is 36.5. The van der Waals surface area contributed by atoms with Crippen molar-refractivity contribution < 1.29 is 43.0 Å². The number of phosphoric ester groups is 1. The molecule has 0 aromatic carbocycles. The zero-order valence-corrected chi connectivity index (χ0v) is 37.4. The van der Waals surface area contributed by atoms with Crippen LogP contribution in [0.15, 0.2) is 48.6 Å². The molecule has 3 N–H and O–H groups in total. The number of aliphatic hydroxyl groups is 1. The molecule has 0 saturated heterocycles. The van der Waals surface area contributed by atoms with Crippen molar-refractivity contribution in [2.45, 2.75) is 219 Å². The van der Waals surface area contributed by atoms with E-state index in [-0.39, 0.29) is 25.6 Å². The van der Waals surface area contributed by atoms with E-state index in [0.29, 0.717) is 19.3 Å². The standard InChI is InChI=1S/C47H85O9P/c1-43(2)37-33-29-25-21-17-13-9-6-4-5-7-11-15-19-23-27-31-35-39-46(49)54-41-45(42-55-57(51,52)53)56-47(50)40-36-32-28-24-20-16-12-8-10-14-18-22-26-30-34-38-44(3)48/h10,12,14,16,22,24,26,28,43-45,48H,4-9,11,13,15,17-21,23,25,27,29-42H2,1-3H3,(H2,51,52,53)/b14-10-,16-12-,26-22-,28-24-/t44-,45+/m0/s1. The highest BCUT2D eigenvalue weighted by Gasteiger charge is 2.22. The van der Waals surface area contributed by atoms with E-state index in [1.165, 1.54) is 103 Å². The molecule has 0 fully saturated rings. The molecule has 0 aliphatic heterocycles. The second kappa shape index (κ2) is 40.7. The number of esters is 2. The monoisotopic (exact) mass is 825 g/mol. The lowest BCUT2D eigenvalue weighted by Gasteiger charge is -2.18. The van der Waals surface area contributed by atoms with E-state index in [4.69, 9.17) is 19.3 Å². The van der Waals surface area contributed by atoms with Crippen LogP contribution >= 0.6 is 7.82 Å². The number of hydrogen-bond donors (Lipinski definition) is 3. The van der Waals surface area contributed by atoms with E-state index in [1.807, 2.05) is 19.1 Å². The van der Waals surface area contributed by atoms with E-state index in [1.54, 1.807) is 0 Å². The van der Waals surface area contributed by atoms with Crippen LogP contribution in [0.3, 0.4) is 0 Å². The smallest absolute Gasteiger partial charge is 0.462 e. The Labute approximate surface area is 348 Å². The SMILES string of the molecule is CC(C)CCCCCCCCCCCCCCCCCCCCC(=O)OC[C@H](COP(=O)(O)O)OC(=O)CCC/C=C\C/C=C\C/C=C\C/C=C\CCC[C@H](C)O. The Morgan fingerprint density at radius 2 is 0.912 bits per heavy atom. The molecule has 0 bridgehead atoms. The molecule has 0 unspecified atom stereocenters. The summed E-state index contributed by atoms with van der Waals surface area (Å²) in [6.07, 6.45) is 46.9.